The molecule has 1 atom stereocenters. The van der Waals surface area contributed by atoms with Gasteiger partial charge in [-0.05, 0) is 31.3 Å². The molecule has 2 heteroatoms. The number of carbonyl (C=O) groups is 1. The highest BCUT2D eigenvalue weighted by molar-refractivity contribution is 5.99. The summed E-state index contributed by atoms with van der Waals surface area (Å²) in [5, 5.41) is 8.61. The highest BCUT2D eigenvalue weighted by Crippen LogP contribution is 2.24. The normalized spacial score (nSPS) is 20.8. The van der Waals surface area contributed by atoms with Crippen LogP contribution >= 0.6 is 0 Å². The Kier molecular flexibility index (Phi) is 5.62. The summed E-state index contributed by atoms with van der Waals surface area (Å²) in [6, 6.07) is 0. The van der Waals surface area contributed by atoms with Crippen LogP contribution < -0.4 is 0 Å². The van der Waals surface area contributed by atoms with Gasteiger partial charge >= 0.3 is 0 Å². The number of ketones is 1. The van der Waals surface area contributed by atoms with Crippen LogP contribution in [0.4, 0.5) is 0 Å². The predicted molar refractivity (Wildman–Crippen MR) is 61.7 cm³/mol. The second-order valence-corrected chi connectivity index (χ2v) is 4.47. The number of Topliss-reactive ketones (excluding diaryl/α,β-unsaturated/α-hetero) is 1. The van der Waals surface area contributed by atoms with Crippen molar-refractivity contribution in [2.24, 2.45) is 5.92 Å². The quantitative estimate of drug-likeness (QED) is 0.656. The third-order valence-corrected chi connectivity index (χ3v) is 3.09. The van der Waals surface area contributed by atoms with E-state index in [0.717, 1.165) is 37.7 Å². The Hall–Kier alpha value is -0.630. The number of unbranched alkanes of at least 4 members (excludes halogenated alkanes) is 4. The van der Waals surface area contributed by atoms with E-state index in [9.17, 15) is 4.79 Å². The zero-order valence-electron chi connectivity index (χ0n) is 9.67. The first kappa shape index (κ1) is 12.4. The van der Waals surface area contributed by atoms with Crippen molar-refractivity contribution in [1.82, 2.24) is 0 Å². The van der Waals surface area contributed by atoms with Crippen molar-refractivity contribution >= 4 is 5.78 Å². The summed E-state index contributed by atoms with van der Waals surface area (Å²) in [5.41, 5.74) is 1.06. The fourth-order valence-corrected chi connectivity index (χ4v) is 2.03. The lowest BCUT2D eigenvalue weighted by Crippen LogP contribution is -2.05. The van der Waals surface area contributed by atoms with Crippen LogP contribution in [0.5, 0.6) is 0 Å². The van der Waals surface area contributed by atoms with E-state index in [1.54, 1.807) is 0 Å². The van der Waals surface area contributed by atoms with Gasteiger partial charge in [0, 0.05) is 12.5 Å². The third-order valence-electron chi connectivity index (χ3n) is 3.09. The zero-order chi connectivity index (χ0) is 11.1. The van der Waals surface area contributed by atoms with E-state index in [4.69, 9.17) is 5.11 Å². The smallest absolute Gasteiger partial charge is 0.161 e. The number of rotatable bonds is 7. The van der Waals surface area contributed by atoms with Crippen LogP contribution in [-0.2, 0) is 4.79 Å². The van der Waals surface area contributed by atoms with E-state index in [-0.39, 0.29) is 5.92 Å². The number of hydrogen-bond donors (Lipinski definition) is 1. The van der Waals surface area contributed by atoms with Gasteiger partial charge in [0.2, 0.25) is 0 Å². The van der Waals surface area contributed by atoms with Gasteiger partial charge in [-0.3, -0.25) is 4.79 Å². The molecule has 0 fully saturated rings. The van der Waals surface area contributed by atoms with Crippen LogP contribution in [0.1, 0.15) is 51.9 Å². The van der Waals surface area contributed by atoms with E-state index in [1.807, 2.05) is 6.92 Å². The SMILES string of the molecule is CC1CC=C(CCCCCCCO)C1=O. The number of aliphatic hydroxyl groups is 1. The summed E-state index contributed by atoms with van der Waals surface area (Å²) in [4.78, 5) is 11.6. The first-order valence-electron chi connectivity index (χ1n) is 6.10. The predicted octanol–water partition coefficient (Wildman–Crippen LogP) is 2.85. The molecule has 2 nitrogen and oxygen atoms in total. The van der Waals surface area contributed by atoms with Gasteiger partial charge in [0.1, 0.15) is 0 Å². The molecule has 0 amide bonds. The van der Waals surface area contributed by atoms with Gasteiger partial charge in [0.25, 0.3) is 0 Å². The Morgan fingerprint density at radius 3 is 2.53 bits per heavy atom. The van der Waals surface area contributed by atoms with Crippen molar-refractivity contribution in [3.8, 4) is 0 Å². The Balaban J connectivity index is 2.03. The molecule has 0 aromatic heterocycles. The fourth-order valence-electron chi connectivity index (χ4n) is 2.03. The molecule has 0 aromatic carbocycles. The maximum atomic E-state index is 11.6. The van der Waals surface area contributed by atoms with Crippen molar-refractivity contribution in [2.75, 3.05) is 6.61 Å². The maximum absolute atomic E-state index is 11.6. The average molecular weight is 210 g/mol. The maximum Gasteiger partial charge on any atom is 0.161 e. The van der Waals surface area contributed by atoms with Crippen molar-refractivity contribution < 1.29 is 9.90 Å². The van der Waals surface area contributed by atoms with Crippen LogP contribution in [0.2, 0.25) is 0 Å². The van der Waals surface area contributed by atoms with Crippen molar-refractivity contribution in [1.29, 1.82) is 0 Å². The molecule has 0 saturated heterocycles. The minimum absolute atomic E-state index is 0.231. The summed E-state index contributed by atoms with van der Waals surface area (Å²) < 4.78 is 0. The topological polar surface area (TPSA) is 37.3 Å². The fraction of sp³-hybridized carbons (Fsp3) is 0.769. The number of aliphatic hydroxyl groups excluding tert-OH is 1. The molecule has 15 heavy (non-hydrogen) atoms. The van der Waals surface area contributed by atoms with Gasteiger partial charge in [-0.2, -0.15) is 0 Å². The summed E-state index contributed by atoms with van der Waals surface area (Å²) in [7, 11) is 0. The van der Waals surface area contributed by atoms with E-state index < -0.39 is 0 Å². The first-order valence-corrected chi connectivity index (χ1v) is 6.10. The zero-order valence-corrected chi connectivity index (χ0v) is 9.67. The minimum atomic E-state index is 0.231. The molecule has 1 rings (SSSR count). The molecule has 0 spiro atoms. The largest absolute Gasteiger partial charge is 0.396 e. The summed E-state index contributed by atoms with van der Waals surface area (Å²) in [5.74, 6) is 0.597. The highest BCUT2D eigenvalue weighted by Gasteiger charge is 2.21. The molecule has 0 aromatic rings. The van der Waals surface area contributed by atoms with Gasteiger partial charge < -0.3 is 5.11 Å². The monoisotopic (exact) mass is 210 g/mol. The number of hydrogen-bond acceptors (Lipinski definition) is 2. The van der Waals surface area contributed by atoms with E-state index >= 15 is 0 Å². The molecule has 1 aliphatic rings. The second-order valence-electron chi connectivity index (χ2n) is 4.47. The Morgan fingerprint density at radius 1 is 1.27 bits per heavy atom. The van der Waals surface area contributed by atoms with Gasteiger partial charge in [0.05, 0.1) is 0 Å². The van der Waals surface area contributed by atoms with Gasteiger partial charge in [-0.1, -0.05) is 32.3 Å². The van der Waals surface area contributed by atoms with Crippen LogP contribution in [0.15, 0.2) is 11.6 Å². The summed E-state index contributed by atoms with van der Waals surface area (Å²) in [6.07, 6.45) is 9.52. The first-order chi connectivity index (χ1) is 7.25. The number of allylic oxidation sites excluding steroid dienone is 2. The Bertz CT molecular complexity index is 231. The molecule has 0 heterocycles. The van der Waals surface area contributed by atoms with Crippen LogP contribution in [-0.4, -0.2) is 17.5 Å². The molecule has 1 aliphatic carbocycles. The van der Waals surface area contributed by atoms with Crippen molar-refractivity contribution in [2.45, 2.75) is 51.9 Å². The standard InChI is InChI=1S/C13H22O2/c1-11-8-9-12(13(11)15)7-5-3-2-4-6-10-14/h9,11,14H,2-8,10H2,1H3. The lowest BCUT2D eigenvalue weighted by atomic mass is 10.0. The molecular weight excluding hydrogens is 188 g/mol. The second kappa shape index (κ2) is 6.78. The average Bonchev–Trinajstić information content (AvgIpc) is 2.54. The van der Waals surface area contributed by atoms with Crippen molar-refractivity contribution in [3.63, 3.8) is 0 Å². The van der Waals surface area contributed by atoms with Gasteiger partial charge in [0.15, 0.2) is 5.78 Å². The molecule has 0 radical (unpaired) electrons. The molecule has 0 bridgehead atoms. The Morgan fingerprint density at radius 2 is 1.93 bits per heavy atom. The summed E-state index contributed by atoms with van der Waals surface area (Å²) >= 11 is 0. The van der Waals surface area contributed by atoms with Crippen LogP contribution in [0.25, 0.3) is 0 Å². The molecule has 1 unspecified atom stereocenters. The molecule has 0 aliphatic heterocycles. The van der Waals surface area contributed by atoms with Crippen LogP contribution in [0.3, 0.4) is 0 Å². The van der Waals surface area contributed by atoms with E-state index in [1.165, 1.54) is 12.8 Å². The van der Waals surface area contributed by atoms with Crippen molar-refractivity contribution in [3.05, 3.63) is 11.6 Å². The lowest BCUT2D eigenvalue weighted by Gasteiger charge is -2.03. The summed E-state index contributed by atoms with van der Waals surface area (Å²) in [6.45, 7) is 2.31. The Labute approximate surface area is 92.4 Å². The molecular formula is C13H22O2. The van der Waals surface area contributed by atoms with Gasteiger partial charge in [-0.15, -0.1) is 0 Å². The van der Waals surface area contributed by atoms with E-state index in [0.29, 0.717) is 12.4 Å². The minimum Gasteiger partial charge on any atom is -0.396 e. The lowest BCUT2D eigenvalue weighted by molar-refractivity contribution is -0.118. The molecule has 86 valence electrons. The number of carbonyl (C=O) groups excluding carboxylic acids is 1. The highest BCUT2D eigenvalue weighted by atomic mass is 16.2. The van der Waals surface area contributed by atoms with E-state index in [2.05, 4.69) is 6.08 Å². The van der Waals surface area contributed by atoms with Crippen LogP contribution in [0, 0.1) is 5.92 Å². The van der Waals surface area contributed by atoms with Gasteiger partial charge in [-0.25, -0.2) is 0 Å². The molecule has 1 N–H and O–H groups in total. The third kappa shape index (κ3) is 4.17. The molecule has 0 saturated carbocycles.